The van der Waals surface area contributed by atoms with Crippen LogP contribution in [0, 0.1) is 11.6 Å². The van der Waals surface area contributed by atoms with E-state index in [-0.39, 0.29) is 22.8 Å². The molecular formula is C22H21F2N5O2S. The Kier molecular flexibility index (Phi) is 6.40. The van der Waals surface area contributed by atoms with E-state index in [0.29, 0.717) is 18.0 Å². The fourth-order valence-electron chi connectivity index (χ4n) is 3.62. The Labute approximate surface area is 187 Å². The Morgan fingerprint density at radius 3 is 2.72 bits per heavy atom. The summed E-state index contributed by atoms with van der Waals surface area (Å²) in [6.45, 7) is 2.60. The van der Waals surface area contributed by atoms with Crippen LogP contribution in [0.5, 0.6) is 0 Å². The minimum Gasteiger partial charge on any atom is -0.320 e. The summed E-state index contributed by atoms with van der Waals surface area (Å²) in [7, 11) is 0. The molecule has 1 fully saturated rings. The predicted molar refractivity (Wildman–Crippen MR) is 118 cm³/mol. The van der Waals surface area contributed by atoms with E-state index in [1.807, 2.05) is 31.2 Å². The first-order chi connectivity index (χ1) is 15.5. The molecule has 1 aromatic heterocycles. The molecule has 166 valence electrons. The monoisotopic (exact) mass is 457 g/mol. The average molecular weight is 458 g/mol. The lowest BCUT2D eigenvalue weighted by Gasteiger charge is -2.23. The van der Waals surface area contributed by atoms with Crippen molar-refractivity contribution < 1.29 is 18.4 Å². The summed E-state index contributed by atoms with van der Waals surface area (Å²) in [5, 5.41) is 14.1. The molecule has 1 atom stereocenters. The molecule has 7 nitrogen and oxygen atoms in total. The van der Waals surface area contributed by atoms with Gasteiger partial charge in [0.25, 0.3) is 5.91 Å². The lowest BCUT2D eigenvalue weighted by molar-refractivity contribution is 0.102. The van der Waals surface area contributed by atoms with E-state index >= 15 is 0 Å². The van der Waals surface area contributed by atoms with Gasteiger partial charge in [-0.05, 0) is 43.0 Å². The number of aryl methyl sites for hydroxylation is 1. The number of hydrogen-bond donors (Lipinski definition) is 2. The van der Waals surface area contributed by atoms with Crippen LogP contribution in [0.4, 0.5) is 25.0 Å². The van der Waals surface area contributed by atoms with E-state index < -0.39 is 17.5 Å². The molecular weight excluding hydrogens is 436 g/mol. The Balaban J connectivity index is 1.46. The molecule has 3 amide bonds. The summed E-state index contributed by atoms with van der Waals surface area (Å²) in [5.74, 6) is -2.63. The number of para-hydroxylation sites is 1. The van der Waals surface area contributed by atoms with E-state index in [1.165, 1.54) is 6.07 Å². The number of hydrogen-bond acceptors (Lipinski definition) is 5. The van der Waals surface area contributed by atoms with Crippen LogP contribution < -0.4 is 10.6 Å². The molecule has 4 rings (SSSR count). The van der Waals surface area contributed by atoms with Crippen LogP contribution in [-0.2, 0) is 6.42 Å². The number of benzene rings is 2. The standard InChI is InChI=1S/C22H21F2N5O2S/c1-2-13-6-3-4-7-17(13)26-22(31)29-11-5-8-18(29)20-27-28-21(32-20)19(30)25-14-9-10-15(23)16(24)12-14/h3-4,6-7,9-10,12,18H,2,5,8,11H2,1H3,(H,25,30)(H,26,31)/t18-/m0/s1. The van der Waals surface area contributed by atoms with Crippen LogP contribution in [0.1, 0.15) is 46.2 Å². The zero-order valence-corrected chi connectivity index (χ0v) is 18.1. The first-order valence-corrected chi connectivity index (χ1v) is 11.0. The quantitative estimate of drug-likeness (QED) is 0.565. The van der Waals surface area contributed by atoms with Gasteiger partial charge in [-0.1, -0.05) is 36.5 Å². The molecule has 32 heavy (non-hydrogen) atoms. The second kappa shape index (κ2) is 9.39. The van der Waals surface area contributed by atoms with Gasteiger partial charge in [0.2, 0.25) is 5.01 Å². The van der Waals surface area contributed by atoms with Crippen molar-refractivity contribution in [2.45, 2.75) is 32.2 Å². The Bertz CT molecular complexity index is 1150. The molecule has 0 spiro atoms. The second-order valence-corrected chi connectivity index (χ2v) is 8.33. The third-order valence-corrected chi connectivity index (χ3v) is 6.27. The van der Waals surface area contributed by atoms with Gasteiger partial charge in [0.1, 0.15) is 5.01 Å². The highest BCUT2D eigenvalue weighted by atomic mass is 32.1. The maximum absolute atomic E-state index is 13.4. The van der Waals surface area contributed by atoms with Gasteiger partial charge < -0.3 is 15.5 Å². The zero-order valence-electron chi connectivity index (χ0n) is 17.3. The second-order valence-electron chi connectivity index (χ2n) is 7.32. The SMILES string of the molecule is CCc1ccccc1NC(=O)N1CCC[C@H]1c1nnc(C(=O)Nc2ccc(F)c(F)c2)s1. The van der Waals surface area contributed by atoms with Crippen LogP contribution in [0.25, 0.3) is 0 Å². The van der Waals surface area contributed by atoms with Gasteiger partial charge in [-0.3, -0.25) is 4.79 Å². The lowest BCUT2D eigenvalue weighted by atomic mass is 10.1. The van der Waals surface area contributed by atoms with Crippen molar-refractivity contribution in [1.29, 1.82) is 0 Å². The molecule has 0 bridgehead atoms. The van der Waals surface area contributed by atoms with Gasteiger partial charge in [0.05, 0.1) is 6.04 Å². The topological polar surface area (TPSA) is 87.2 Å². The first-order valence-electron chi connectivity index (χ1n) is 10.2. The number of carbonyl (C=O) groups excluding carboxylic acids is 2. The largest absolute Gasteiger partial charge is 0.322 e. The van der Waals surface area contributed by atoms with Gasteiger partial charge in [-0.25, -0.2) is 13.6 Å². The molecule has 1 aliphatic heterocycles. The van der Waals surface area contributed by atoms with Crippen LogP contribution in [0.15, 0.2) is 42.5 Å². The van der Waals surface area contributed by atoms with Crippen LogP contribution in [0.3, 0.4) is 0 Å². The number of aromatic nitrogens is 2. The fourth-order valence-corrected chi connectivity index (χ4v) is 4.51. The van der Waals surface area contributed by atoms with E-state index in [4.69, 9.17) is 0 Å². The summed E-state index contributed by atoms with van der Waals surface area (Å²) in [6, 6.07) is 10.2. The van der Waals surface area contributed by atoms with Crippen molar-refractivity contribution in [2.24, 2.45) is 0 Å². The van der Waals surface area contributed by atoms with E-state index in [9.17, 15) is 18.4 Å². The van der Waals surface area contributed by atoms with Crippen molar-refractivity contribution in [1.82, 2.24) is 15.1 Å². The van der Waals surface area contributed by atoms with Gasteiger partial charge in [-0.2, -0.15) is 0 Å². The number of urea groups is 1. The van der Waals surface area contributed by atoms with Gasteiger partial charge in [0, 0.05) is 24.0 Å². The number of anilines is 2. The molecule has 0 aliphatic carbocycles. The molecule has 0 unspecified atom stereocenters. The number of nitrogens with one attached hydrogen (secondary N) is 2. The third-order valence-electron chi connectivity index (χ3n) is 5.25. The normalized spacial score (nSPS) is 15.6. The van der Waals surface area contributed by atoms with Gasteiger partial charge in [-0.15, -0.1) is 10.2 Å². The minimum absolute atomic E-state index is 0.0771. The summed E-state index contributed by atoms with van der Waals surface area (Å²) in [6.07, 6.45) is 2.32. The number of rotatable bonds is 5. The van der Waals surface area contributed by atoms with Crippen LogP contribution in [-0.4, -0.2) is 33.6 Å². The van der Waals surface area contributed by atoms with Crippen molar-refractivity contribution in [3.8, 4) is 0 Å². The van der Waals surface area contributed by atoms with Crippen LogP contribution in [0.2, 0.25) is 0 Å². The third kappa shape index (κ3) is 4.59. The van der Waals surface area contributed by atoms with E-state index in [0.717, 1.165) is 47.6 Å². The molecule has 3 aromatic rings. The number of nitrogens with zero attached hydrogens (tertiary/aromatic N) is 3. The highest BCUT2D eigenvalue weighted by molar-refractivity contribution is 7.13. The molecule has 1 aliphatic rings. The number of halogens is 2. The Hall–Kier alpha value is -3.40. The Morgan fingerprint density at radius 2 is 1.94 bits per heavy atom. The lowest BCUT2D eigenvalue weighted by Crippen LogP contribution is -2.34. The molecule has 0 radical (unpaired) electrons. The molecule has 2 heterocycles. The molecule has 1 saturated heterocycles. The molecule has 2 N–H and O–H groups in total. The van der Waals surface area contributed by atoms with Crippen LogP contribution >= 0.6 is 11.3 Å². The maximum atomic E-state index is 13.4. The molecule has 2 aromatic carbocycles. The number of carbonyl (C=O) groups is 2. The van der Waals surface area contributed by atoms with E-state index in [2.05, 4.69) is 20.8 Å². The number of amides is 3. The van der Waals surface area contributed by atoms with Gasteiger partial charge >= 0.3 is 6.03 Å². The maximum Gasteiger partial charge on any atom is 0.322 e. The summed E-state index contributed by atoms with van der Waals surface area (Å²) >= 11 is 1.08. The van der Waals surface area contributed by atoms with E-state index in [1.54, 1.807) is 4.90 Å². The molecule has 0 saturated carbocycles. The van der Waals surface area contributed by atoms with Gasteiger partial charge in [0.15, 0.2) is 11.6 Å². The van der Waals surface area contributed by atoms with Crippen molar-refractivity contribution in [3.63, 3.8) is 0 Å². The molecule has 10 heteroatoms. The first kappa shape index (κ1) is 21.8. The smallest absolute Gasteiger partial charge is 0.320 e. The van der Waals surface area contributed by atoms with Crippen molar-refractivity contribution in [2.75, 3.05) is 17.2 Å². The summed E-state index contributed by atoms with van der Waals surface area (Å²) < 4.78 is 26.4. The summed E-state index contributed by atoms with van der Waals surface area (Å²) in [4.78, 5) is 27.1. The highest BCUT2D eigenvalue weighted by Gasteiger charge is 2.33. The Morgan fingerprint density at radius 1 is 1.12 bits per heavy atom. The zero-order chi connectivity index (χ0) is 22.7. The minimum atomic E-state index is -1.06. The number of likely N-dealkylation sites (tertiary alicyclic amines) is 1. The van der Waals surface area contributed by atoms with Crippen molar-refractivity contribution >= 4 is 34.6 Å². The fraction of sp³-hybridized carbons (Fsp3) is 0.273. The highest BCUT2D eigenvalue weighted by Crippen LogP contribution is 2.34. The summed E-state index contributed by atoms with van der Waals surface area (Å²) in [5.41, 5.74) is 1.93. The average Bonchev–Trinajstić information content (AvgIpc) is 3.46. The predicted octanol–water partition coefficient (Wildman–Crippen LogP) is 5.00. The van der Waals surface area contributed by atoms with Crippen molar-refractivity contribution in [3.05, 3.63) is 69.7 Å².